The fourth-order valence-electron chi connectivity index (χ4n) is 0.917. The highest BCUT2D eigenvalue weighted by Gasteiger charge is 2.31. The molecule has 0 rings (SSSR count). The van der Waals surface area contributed by atoms with E-state index in [1.807, 2.05) is 0 Å². The fraction of sp³-hybridized carbons (Fsp3) is 1.00. The van der Waals surface area contributed by atoms with Gasteiger partial charge in [0, 0.05) is 27.4 Å². The monoisotopic (exact) mass is 314 g/mol. The number of hydrogen-bond donors (Lipinski definition) is 0. The first-order chi connectivity index (χ1) is 8.33. The Balaban J connectivity index is 4.40. The third-order valence-electron chi connectivity index (χ3n) is 1.79. The van der Waals surface area contributed by atoms with Gasteiger partial charge in [0.1, 0.15) is 0 Å². The van der Waals surface area contributed by atoms with Gasteiger partial charge < -0.3 is 18.4 Å². The molecular weight excluding hydrogens is 290 g/mol. The van der Waals surface area contributed by atoms with E-state index in [9.17, 15) is 0 Å². The minimum absolute atomic E-state index is 0.430. The first kappa shape index (κ1) is 18.9. The Morgan fingerprint density at radius 1 is 1.00 bits per heavy atom. The van der Waals surface area contributed by atoms with E-state index in [0.29, 0.717) is 25.0 Å². The van der Waals surface area contributed by atoms with Gasteiger partial charge in [-0.05, 0) is 23.6 Å². The first-order valence-electron chi connectivity index (χ1n) is 5.96. The van der Waals surface area contributed by atoms with Crippen molar-refractivity contribution in [2.75, 3.05) is 27.4 Å². The summed E-state index contributed by atoms with van der Waals surface area (Å²) in [6.45, 7) is 9.61. The van der Waals surface area contributed by atoms with Crippen LogP contribution in [0.2, 0.25) is 0 Å². The molecule has 0 fully saturated rings. The average Bonchev–Trinajstić information content (AvgIpc) is 2.32. The van der Waals surface area contributed by atoms with Gasteiger partial charge in [0.05, 0.1) is 0 Å². The molecule has 4 nitrogen and oxygen atoms in total. The van der Waals surface area contributed by atoms with Crippen LogP contribution in [0.15, 0.2) is 0 Å². The second kappa shape index (κ2) is 9.75. The molecule has 0 bridgehead atoms. The molecule has 0 aliphatic carbocycles. The standard InChI is InChI=1S/C10H24BO4PS2/c1-9(2)7-14-11(15-8-10(3)4)18-16(17,12-5)13-6/h9-10H,7-8H2,1-6H3. The molecule has 0 aliphatic heterocycles. The van der Waals surface area contributed by atoms with Gasteiger partial charge in [-0.15, -0.1) is 0 Å². The summed E-state index contributed by atoms with van der Waals surface area (Å²) in [4.78, 5) is 0. The second-order valence-corrected chi connectivity index (χ2v) is 11.1. The first-order valence-corrected chi connectivity index (χ1v) is 10.1. The zero-order valence-corrected chi connectivity index (χ0v) is 14.6. The quantitative estimate of drug-likeness (QED) is 0.453. The lowest BCUT2D eigenvalue weighted by atomic mass is 10.2. The van der Waals surface area contributed by atoms with E-state index in [0.717, 1.165) is 0 Å². The molecule has 0 amide bonds. The Bertz CT molecular complexity index is 246. The van der Waals surface area contributed by atoms with E-state index < -0.39 is 12.1 Å². The summed E-state index contributed by atoms with van der Waals surface area (Å²) >= 11 is 6.62. The van der Waals surface area contributed by atoms with Crippen molar-refractivity contribution >= 4 is 35.1 Å². The summed E-state index contributed by atoms with van der Waals surface area (Å²) in [7, 11) is 3.11. The Kier molecular flexibility index (Phi) is 10.2. The van der Waals surface area contributed by atoms with Crippen molar-refractivity contribution in [2.24, 2.45) is 11.8 Å². The molecule has 0 heterocycles. The third kappa shape index (κ3) is 8.91. The van der Waals surface area contributed by atoms with Crippen LogP contribution in [0.3, 0.4) is 0 Å². The van der Waals surface area contributed by atoms with Crippen LogP contribution in [0.25, 0.3) is 0 Å². The van der Waals surface area contributed by atoms with Crippen LogP contribution < -0.4 is 0 Å². The van der Waals surface area contributed by atoms with Crippen LogP contribution in [-0.2, 0) is 30.2 Å². The maximum atomic E-state index is 5.70. The summed E-state index contributed by atoms with van der Waals surface area (Å²) < 4.78 is 21.9. The Hall–Kier alpha value is 0.905. The Labute approximate surface area is 120 Å². The molecule has 0 radical (unpaired) electrons. The lowest BCUT2D eigenvalue weighted by molar-refractivity contribution is 0.179. The van der Waals surface area contributed by atoms with Crippen molar-refractivity contribution in [1.82, 2.24) is 0 Å². The predicted octanol–water partition coefficient (Wildman–Crippen LogP) is 3.57. The average molecular weight is 314 g/mol. The highest BCUT2D eigenvalue weighted by molar-refractivity contribution is 8.77. The molecule has 18 heavy (non-hydrogen) atoms. The zero-order valence-electron chi connectivity index (χ0n) is 12.0. The molecule has 0 aromatic heterocycles. The van der Waals surface area contributed by atoms with Crippen molar-refractivity contribution in [2.45, 2.75) is 27.7 Å². The van der Waals surface area contributed by atoms with Crippen molar-refractivity contribution in [3.8, 4) is 0 Å². The van der Waals surface area contributed by atoms with Gasteiger partial charge in [-0.3, -0.25) is 0 Å². The van der Waals surface area contributed by atoms with Crippen LogP contribution in [-0.4, -0.2) is 33.8 Å². The van der Waals surface area contributed by atoms with E-state index >= 15 is 0 Å². The van der Waals surface area contributed by atoms with Crippen LogP contribution in [0.5, 0.6) is 0 Å². The number of hydrogen-bond acceptors (Lipinski definition) is 6. The smallest absolute Gasteiger partial charge is 0.401 e. The van der Waals surface area contributed by atoms with Crippen LogP contribution in [0.4, 0.5) is 0 Å². The van der Waals surface area contributed by atoms with Crippen molar-refractivity contribution < 1.29 is 18.4 Å². The number of rotatable bonds is 10. The van der Waals surface area contributed by atoms with Gasteiger partial charge >= 0.3 is 6.40 Å². The topological polar surface area (TPSA) is 36.9 Å². The van der Waals surface area contributed by atoms with Gasteiger partial charge in [0.15, 0.2) is 0 Å². The third-order valence-corrected chi connectivity index (χ3v) is 7.25. The SMILES string of the molecule is COP(=S)(OC)SB(OCC(C)C)OCC(C)C. The molecule has 0 N–H and O–H groups in total. The molecule has 0 atom stereocenters. The van der Waals surface area contributed by atoms with Crippen LogP contribution in [0.1, 0.15) is 27.7 Å². The molecule has 0 aliphatic rings. The molecule has 0 saturated heterocycles. The maximum absolute atomic E-state index is 5.70. The molecule has 108 valence electrons. The molecule has 0 saturated carbocycles. The Morgan fingerprint density at radius 3 is 1.67 bits per heavy atom. The summed E-state index contributed by atoms with van der Waals surface area (Å²) in [5.41, 5.74) is -2.36. The summed E-state index contributed by atoms with van der Waals surface area (Å²) in [5.74, 6) is 0.886. The van der Waals surface area contributed by atoms with Crippen molar-refractivity contribution in [1.29, 1.82) is 0 Å². The minimum Gasteiger partial charge on any atom is -0.401 e. The van der Waals surface area contributed by atoms with Gasteiger partial charge in [0.25, 0.3) is 0 Å². The highest BCUT2D eigenvalue weighted by atomic mass is 32.9. The molecular formula is C10H24BO4PS2. The van der Waals surface area contributed by atoms with Crippen molar-refractivity contribution in [3.63, 3.8) is 0 Å². The van der Waals surface area contributed by atoms with Gasteiger partial charge in [-0.25, -0.2) is 0 Å². The highest BCUT2D eigenvalue weighted by Crippen LogP contribution is 2.60. The molecule has 0 unspecified atom stereocenters. The van der Waals surface area contributed by atoms with E-state index in [2.05, 4.69) is 27.7 Å². The fourth-order valence-corrected chi connectivity index (χ4v) is 3.87. The minimum atomic E-state index is -2.36. The predicted molar refractivity (Wildman–Crippen MR) is 83.2 cm³/mol. The van der Waals surface area contributed by atoms with Crippen LogP contribution >= 0.6 is 16.9 Å². The van der Waals surface area contributed by atoms with Crippen LogP contribution in [0, 0.1) is 11.8 Å². The second-order valence-electron chi connectivity index (χ2n) is 4.66. The largest absolute Gasteiger partial charge is 0.540 e. The lowest BCUT2D eigenvalue weighted by Gasteiger charge is -2.22. The molecule has 0 aromatic carbocycles. The Morgan fingerprint density at radius 2 is 1.39 bits per heavy atom. The normalized spacial score (nSPS) is 12.4. The van der Waals surface area contributed by atoms with Gasteiger partial charge in [0.2, 0.25) is 5.69 Å². The van der Waals surface area contributed by atoms with E-state index in [4.69, 9.17) is 30.2 Å². The summed E-state index contributed by atoms with van der Waals surface area (Å²) in [5, 5.41) is 0. The maximum Gasteiger partial charge on any atom is 0.540 e. The van der Waals surface area contributed by atoms with Gasteiger partial charge in [-0.2, -0.15) is 0 Å². The van der Waals surface area contributed by atoms with Gasteiger partial charge in [-0.1, -0.05) is 38.9 Å². The van der Waals surface area contributed by atoms with E-state index in [-0.39, 0.29) is 0 Å². The molecule has 0 spiro atoms. The van der Waals surface area contributed by atoms with Crippen molar-refractivity contribution in [3.05, 3.63) is 0 Å². The molecule has 0 aromatic rings. The van der Waals surface area contributed by atoms with E-state index in [1.165, 1.54) is 11.2 Å². The molecule has 8 heteroatoms. The zero-order chi connectivity index (χ0) is 14.2. The summed E-state index contributed by atoms with van der Waals surface area (Å²) in [6.07, 6.45) is -0.430. The summed E-state index contributed by atoms with van der Waals surface area (Å²) in [6, 6.07) is 0. The lowest BCUT2D eigenvalue weighted by Crippen LogP contribution is -2.24. The van der Waals surface area contributed by atoms with E-state index in [1.54, 1.807) is 14.2 Å².